The predicted molar refractivity (Wildman–Crippen MR) is 154 cm³/mol. The molecular weight excluding hydrogens is 520 g/mol. The highest BCUT2D eigenvalue weighted by Gasteiger charge is 2.17. The zero-order valence-electron chi connectivity index (χ0n) is 22.2. The quantitative estimate of drug-likeness (QED) is 0.218. The minimum Gasteiger partial charge on any atom is -0.457 e. The second-order valence-electron chi connectivity index (χ2n) is 9.11. The number of hydrogen-bond donors (Lipinski definition) is 2. The Morgan fingerprint density at radius 1 is 0.976 bits per heavy atom. The minimum absolute atomic E-state index is 0.0353. The van der Waals surface area contributed by atoms with E-state index in [-0.39, 0.29) is 17.3 Å². The van der Waals surface area contributed by atoms with E-state index in [1.807, 2.05) is 42.5 Å². The summed E-state index contributed by atoms with van der Waals surface area (Å²) in [6.45, 7) is 3.30. The summed E-state index contributed by atoms with van der Waals surface area (Å²) in [5.41, 5.74) is 7.87. The topological polar surface area (TPSA) is 136 Å². The number of nitrogen functional groups attached to an aromatic ring is 1. The molecule has 10 nitrogen and oxygen atoms in total. The van der Waals surface area contributed by atoms with Crippen LogP contribution in [0, 0.1) is 11.3 Å². The molecule has 206 valence electrons. The second-order valence-corrected chi connectivity index (χ2v) is 9.11. The van der Waals surface area contributed by atoms with Crippen molar-refractivity contribution in [1.29, 1.82) is 5.26 Å². The van der Waals surface area contributed by atoms with Gasteiger partial charge in [-0.1, -0.05) is 30.3 Å². The van der Waals surface area contributed by atoms with E-state index in [1.165, 1.54) is 6.33 Å². The highest BCUT2D eigenvalue weighted by molar-refractivity contribution is 6.06. The molecule has 0 bridgehead atoms. The fourth-order valence-electron chi connectivity index (χ4n) is 4.19. The van der Waals surface area contributed by atoms with E-state index in [0.29, 0.717) is 48.1 Å². The van der Waals surface area contributed by atoms with Gasteiger partial charge in [0, 0.05) is 25.3 Å². The van der Waals surface area contributed by atoms with Crippen molar-refractivity contribution in [3.8, 4) is 40.3 Å². The van der Waals surface area contributed by atoms with E-state index < -0.39 is 5.91 Å². The zero-order chi connectivity index (χ0) is 28.4. The SMILES string of the molecule is N#C/C(=C\CN1CCOCC1)C(=O)Nc1cccc(-c2c(N)ncnc2Oc2ccc(Oc3ccccc3)cc2)c1. The number of anilines is 2. The molecule has 0 radical (unpaired) electrons. The van der Waals surface area contributed by atoms with Gasteiger partial charge in [-0.15, -0.1) is 0 Å². The molecule has 0 aliphatic carbocycles. The molecule has 10 heteroatoms. The number of benzene rings is 3. The van der Waals surface area contributed by atoms with Crippen molar-refractivity contribution in [3.63, 3.8) is 0 Å². The summed E-state index contributed by atoms with van der Waals surface area (Å²) in [6, 6.07) is 25.6. The third kappa shape index (κ3) is 7.24. The number of aromatic nitrogens is 2. The molecule has 1 amide bonds. The van der Waals surface area contributed by atoms with Crippen LogP contribution in [0.4, 0.5) is 11.5 Å². The standard InChI is InChI=1S/C31H28N6O4/c32-20-23(13-14-37-15-17-39-18-16-37)30(38)36-24-6-4-5-22(19-24)28-29(33)34-21-35-31(28)41-27-11-9-26(10-12-27)40-25-7-2-1-3-8-25/h1-13,19,21H,14-18H2,(H,36,38)(H2,33,34,35)/b23-13+. The minimum atomic E-state index is -0.496. The highest BCUT2D eigenvalue weighted by Crippen LogP contribution is 2.36. The largest absolute Gasteiger partial charge is 0.457 e. The number of carbonyl (C=O) groups excluding carboxylic acids is 1. The van der Waals surface area contributed by atoms with Gasteiger partial charge in [-0.3, -0.25) is 9.69 Å². The molecule has 0 unspecified atom stereocenters. The lowest BCUT2D eigenvalue weighted by atomic mass is 10.1. The summed E-state index contributed by atoms with van der Waals surface area (Å²) in [5.74, 6) is 1.88. The van der Waals surface area contributed by atoms with Crippen LogP contribution >= 0.6 is 0 Å². The van der Waals surface area contributed by atoms with Crippen molar-refractivity contribution in [2.24, 2.45) is 0 Å². The molecule has 1 aliphatic heterocycles. The number of nitrogens with one attached hydrogen (secondary N) is 1. The Morgan fingerprint density at radius 2 is 1.68 bits per heavy atom. The summed E-state index contributed by atoms with van der Waals surface area (Å²) >= 11 is 0. The van der Waals surface area contributed by atoms with Gasteiger partial charge in [0.15, 0.2) is 0 Å². The molecule has 1 saturated heterocycles. The van der Waals surface area contributed by atoms with Gasteiger partial charge in [0.25, 0.3) is 5.91 Å². The Bertz CT molecular complexity index is 1560. The second kappa shape index (κ2) is 13.2. The van der Waals surface area contributed by atoms with E-state index in [0.717, 1.165) is 18.8 Å². The summed E-state index contributed by atoms with van der Waals surface area (Å²) in [7, 11) is 0. The molecule has 0 spiro atoms. The number of amides is 1. The molecule has 1 aromatic heterocycles. The average molecular weight is 549 g/mol. The van der Waals surface area contributed by atoms with Crippen LogP contribution < -0.4 is 20.5 Å². The maximum Gasteiger partial charge on any atom is 0.266 e. The Kier molecular flexibility index (Phi) is 8.81. The van der Waals surface area contributed by atoms with Gasteiger partial charge in [0.1, 0.15) is 41.0 Å². The number of nitriles is 1. The first-order chi connectivity index (χ1) is 20.1. The fourth-order valence-corrected chi connectivity index (χ4v) is 4.19. The first kappa shape index (κ1) is 27.3. The van der Waals surface area contributed by atoms with Gasteiger partial charge in [-0.25, -0.2) is 9.97 Å². The monoisotopic (exact) mass is 548 g/mol. The molecule has 4 aromatic rings. The van der Waals surface area contributed by atoms with Crippen LogP contribution in [0.1, 0.15) is 0 Å². The van der Waals surface area contributed by atoms with Crippen LogP contribution in [0.15, 0.2) is 96.8 Å². The molecule has 1 aliphatic rings. The third-order valence-corrected chi connectivity index (χ3v) is 6.29. The lowest BCUT2D eigenvalue weighted by Crippen LogP contribution is -2.36. The molecule has 1 fully saturated rings. The number of hydrogen-bond acceptors (Lipinski definition) is 9. The zero-order valence-corrected chi connectivity index (χ0v) is 22.2. The summed E-state index contributed by atoms with van der Waals surface area (Å²) in [5, 5.41) is 12.4. The number of morpholine rings is 1. The first-order valence-electron chi connectivity index (χ1n) is 13.0. The lowest BCUT2D eigenvalue weighted by molar-refractivity contribution is -0.112. The number of nitrogens with zero attached hydrogens (tertiary/aromatic N) is 4. The number of ether oxygens (including phenoxy) is 3. The molecule has 0 atom stereocenters. The summed E-state index contributed by atoms with van der Waals surface area (Å²) in [4.78, 5) is 23.4. The van der Waals surface area contributed by atoms with Crippen LogP contribution in [0.5, 0.6) is 23.1 Å². The fraction of sp³-hybridized carbons (Fsp3) is 0.161. The van der Waals surface area contributed by atoms with Crippen LogP contribution in [0.25, 0.3) is 11.1 Å². The molecule has 41 heavy (non-hydrogen) atoms. The molecule has 2 heterocycles. The van der Waals surface area contributed by atoms with Crippen molar-refractivity contribution in [3.05, 3.63) is 96.8 Å². The number of nitrogens with two attached hydrogens (primary N) is 1. The van der Waals surface area contributed by atoms with Gasteiger partial charge in [-0.2, -0.15) is 5.26 Å². The van der Waals surface area contributed by atoms with Gasteiger partial charge in [-0.05, 0) is 60.2 Å². The van der Waals surface area contributed by atoms with Crippen molar-refractivity contribution < 1.29 is 19.0 Å². The highest BCUT2D eigenvalue weighted by atomic mass is 16.5. The van der Waals surface area contributed by atoms with E-state index in [4.69, 9.17) is 19.9 Å². The van der Waals surface area contributed by atoms with Crippen molar-refractivity contribution in [2.75, 3.05) is 43.9 Å². The number of carbonyl (C=O) groups is 1. The Morgan fingerprint density at radius 3 is 2.41 bits per heavy atom. The van der Waals surface area contributed by atoms with Crippen LogP contribution in [0.2, 0.25) is 0 Å². The Hall–Kier alpha value is -5.24. The predicted octanol–water partition coefficient (Wildman–Crippen LogP) is 5.03. The van der Waals surface area contributed by atoms with Crippen molar-refractivity contribution in [1.82, 2.24) is 14.9 Å². The summed E-state index contributed by atoms with van der Waals surface area (Å²) in [6.07, 6.45) is 2.96. The Balaban J connectivity index is 1.30. The smallest absolute Gasteiger partial charge is 0.266 e. The summed E-state index contributed by atoms with van der Waals surface area (Å²) < 4.78 is 17.3. The van der Waals surface area contributed by atoms with Crippen LogP contribution in [0.3, 0.4) is 0 Å². The third-order valence-electron chi connectivity index (χ3n) is 6.29. The van der Waals surface area contributed by atoms with Gasteiger partial charge >= 0.3 is 0 Å². The average Bonchev–Trinajstić information content (AvgIpc) is 3.00. The molecule has 0 saturated carbocycles. The maximum atomic E-state index is 12.9. The maximum absolute atomic E-state index is 12.9. The molecular formula is C31H28N6O4. The lowest BCUT2D eigenvalue weighted by Gasteiger charge is -2.25. The molecule has 5 rings (SSSR count). The van der Waals surface area contributed by atoms with E-state index in [1.54, 1.807) is 48.5 Å². The molecule has 3 aromatic carbocycles. The Labute approximate surface area is 237 Å². The van der Waals surface area contributed by atoms with Crippen LogP contribution in [-0.4, -0.2) is 53.6 Å². The van der Waals surface area contributed by atoms with E-state index in [9.17, 15) is 10.1 Å². The molecule has 3 N–H and O–H groups in total. The van der Waals surface area contributed by atoms with Gasteiger partial charge in [0.05, 0.1) is 18.8 Å². The van der Waals surface area contributed by atoms with E-state index in [2.05, 4.69) is 20.2 Å². The van der Waals surface area contributed by atoms with Gasteiger partial charge < -0.3 is 25.3 Å². The van der Waals surface area contributed by atoms with Crippen molar-refractivity contribution >= 4 is 17.4 Å². The van der Waals surface area contributed by atoms with Crippen LogP contribution in [-0.2, 0) is 9.53 Å². The van der Waals surface area contributed by atoms with Crippen molar-refractivity contribution in [2.45, 2.75) is 0 Å². The van der Waals surface area contributed by atoms with E-state index >= 15 is 0 Å². The number of para-hydroxylation sites is 1. The first-order valence-corrected chi connectivity index (χ1v) is 13.0. The normalized spacial score (nSPS) is 13.7. The number of rotatable bonds is 9. The van der Waals surface area contributed by atoms with Gasteiger partial charge in [0.2, 0.25) is 5.88 Å².